The summed E-state index contributed by atoms with van der Waals surface area (Å²) in [6, 6.07) is 2.65. The predicted molar refractivity (Wildman–Crippen MR) is 81.3 cm³/mol. The predicted octanol–water partition coefficient (Wildman–Crippen LogP) is 2.76. The van der Waals surface area contributed by atoms with Crippen molar-refractivity contribution >= 4 is 0 Å². The van der Waals surface area contributed by atoms with Gasteiger partial charge in [0.05, 0.1) is 12.6 Å². The van der Waals surface area contributed by atoms with Gasteiger partial charge in [0.2, 0.25) is 5.89 Å². The summed E-state index contributed by atoms with van der Waals surface area (Å²) in [6.07, 6.45) is 10.0. The maximum absolute atomic E-state index is 5.54. The average molecular weight is 301 g/mol. The molecule has 1 saturated heterocycles. The highest BCUT2D eigenvalue weighted by atomic mass is 16.5. The van der Waals surface area contributed by atoms with Crippen LogP contribution in [0.25, 0.3) is 0 Å². The van der Waals surface area contributed by atoms with Crippen LogP contribution in [0.5, 0.6) is 0 Å². The quantitative estimate of drug-likeness (QED) is 0.850. The SMILES string of the molecule is CC(c1nc(C2CC2)no1)N1CCCCC1Cn1cccn1. The van der Waals surface area contributed by atoms with Gasteiger partial charge in [0.1, 0.15) is 0 Å². The molecule has 2 fully saturated rings. The summed E-state index contributed by atoms with van der Waals surface area (Å²) >= 11 is 0. The Morgan fingerprint density at radius 1 is 1.32 bits per heavy atom. The Morgan fingerprint density at radius 3 is 3.00 bits per heavy atom. The van der Waals surface area contributed by atoms with Gasteiger partial charge in [-0.1, -0.05) is 11.6 Å². The van der Waals surface area contributed by atoms with Crippen LogP contribution in [-0.2, 0) is 6.54 Å². The first-order valence-corrected chi connectivity index (χ1v) is 8.38. The zero-order valence-electron chi connectivity index (χ0n) is 13.1. The van der Waals surface area contributed by atoms with E-state index in [1.165, 1.54) is 32.1 Å². The van der Waals surface area contributed by atoms with Crippen LogP contribution in [0.2, 0.25) is 0 Å². The fraction of sp³-hybridized carbons (Fsp3) is 0.688. The highest BCUT2D eigenvalue weighted by Crippen LogP contribution is 2.39. The van der Waals surface area contributed by atoms with Crippen molar-refractivity contribution in [2.24, 2.45) is 0 Å². The number of nitrogens with zero attached hydrogens (tertiary/aromatic N) is 5. The van der Waals surface area contributed by atoms with Gasteiger partial charge in [-0.2, -0.15) is 10.1 Å². The van der Waals surface area contributed by atoms with E-state index in [2.05, 4.69) is 27.1 Å². The topological polar surface area (TPSA) is 60.0 Å². The molecule has 1 aliphatic heterocycles. The lowest BCUT2D eigenvalue weighted by Gasteiger charge is -2.38. The molecule has 3 heterocycles. The summed E-state index contributed by atoms with van der Waals surface area (Å²) in [6.45, 7) is 4.21. The minimum absolute atomic E-state index is 0.181. The van der Waals surface area contributed by atoms with E-state index in [0.717, 1.165) is 24.8 Å². The first-order valence-electron chi connectivity index (χ1n) is 8.38. The number of piperidine rings is 1. The van der Waals surface area contributed by atoms with Crippen molar-refractivity contribution in [2.75, 3.05) is 6.54 Å². The third-order valence-electron chi connectivity index (χ3n) is 4.88. The van der Waals surface area contributed by atoms with Gasteiger partial charge in [-0.3, -0.25) is 9.58 Å². The molecule has 0 radical (unpaired) electrons. The first kappa shape index (κ1) is 13.9. The number of hydrogen-bond donors (Lipinski definition) is 0. The van der Waals surface area contributed by atoms with Gasteiger partial charge in [-0.25, -0.2) is 0 Å². The van der Waals surface area contributed by atoms with Gasteiger partial charge >= 0.3 is 0 Å². The van der Waals surface area contributed by atoms with Crippen molar-refractivity contribution in [1.82, 2.24) is 24.8 Å². The Bertz CT molecular complexity index is 604. The van der Waals surface area contributed by atoms with Crippen molar-refractivity contribution in [3.8, 4) is 0 Å². The lowest BCUT2D eigenvalue weighted by molar-refractivity contribution is 0.0719. The molecule has 0 spiro atoms. The molecule has 1 saturated carbocycles. The largest absolute Gasteiger partial charge is 0.338 e. The number of likely N-dealkylation sites (tertiary alicyclic amines) is 1. The van der Waals surface area contributed by atoms with Gasteiger partial charge in [0.15, 0.2) is 5.82 Å². The lowest BCUT2D eigenvalue weighted by Crippen LogP contribution is -2.43. The van der Waals surface area contributed by atoms with Crippen LogP contribution in [0.15, 0.2) is 23.0 Å². The monoisotopic (exact) mass is 301 g/mol. The summed E-state index contributed by atoms with van der Waals surface area (Å²) in [5.41, 5.74) is 0. The maximum atomic E-state index is 5.54. The van der Waals surface area contributed by atoms with Gasteiger partial charge < -0.3 is 4.52 Å². The second-order valence-electron chi connectivity index (χ2n) is 6.56. The third-order valence-corrected chi connectivity index (χ3v) is 4.88. The number of aromatic nitrogens is 4. The van der Waals surface area contributed by atoms with E-state index in [4.69, 9.17) is 4.52 Å². The number of hydrogen-bond acceptors (Lipinski definition) is 5. The molecule has 0 bridgehead atoms. The smallest absolute Gasteiger partial charge is 0.243 e. The molecule has 118 valence electrons. The van der Waals surface area contributed by atoms with Crippen LogP contribution in [-0.4, -0.2) is 37.4 Å². The molecule has 0 amide bonds. The standard InChI is InChI=1S/C16H23N5O/c1-12(16-18-15(19-22-16)13-6-7-13)21-10-3-2-5-14(21)11-20-9-4-8-17-20/h4,8-9,12-14H,2-3,5-7,10-11H2,1H3. The van der Waals surface area contributed by atoms with E-state index in [1.54, 1.807) is 0 Å². The van der Waals surface area contributed by atoms with Crippen molar-refractivity contribution in [1.29, 1.82) is 0 Å². The summed E-state index contributed by atoms with van der Waals surface area (Å²) in [5, 5.41) is 8.52. The molecule has 0 aromatic carbocycles. The lowest BCUT2D eigenvalue weighted by atomic mass is 10.00. The van der Waals surface area contributed by atoms with Crippen LogP contribution in [0.3, 0.4) is 0 Å². The van der Waals surface area contributed by atoms with Crippen molar-refractivity contribution < 1.29 is 4.52 Å². The van der Waals surface area contributed by atoms with E-state index in [9.17, 15) is 0 Å². The van der Waals surface area contributed by atoms with E-state index < -0.39 is 0 Å². The van der Waals surface area contributed by atoms with Crippen LogP contribution in [0.1, 0.15) is 62.7 Å². The Morgan fingerprint density at radius 2 is 2.23 bits per heavy atom. The summed E-state index contributed by atoms with van der Waals surface area (Å²) in [4.78, 5) is 7.15. The van der Waals surface area contributed by atoms with Gasteiger partial charge in [-0.05, 0) is 45.2 Å². The van der Waals surface area contributed by atoms with E-state index in [-0.39, 0.29) is 6.04 Å². The normalized spacial score (nSPS) is 24.5. The molecular weight excluding hydrogens is 278 g/mol. The molecule has 2 unspecified atom stereocenters. The molecule has 2 aliphatic rings. The second-order valence-corrected chi connectivity index (χ2v) is 6.56. The van der Waals surface area contributed by atoms with Crippen molar-refractivity contribution in [3.63, 3.8) is 0 Å². The van der Waals surface area contributed by atoms with Crippen LogP contribution in [0, 0.1) is 0 Å². The zero-order chi connectivity index (χ0) is 14.9. The average Bonchev–Trinajstić information content (AvgIpc) is 3.06. The Kier molecular flexibility index (Phi) is 3.70. The molecule has 2 aromatic heterocycles. The minimum atomic E-state index is 0.181. The van der Waals surface area contributed by atoms with Crippen molar-refractivity contribution in [3.05, 3.63) is 30.2 Å². The Hall–Kier alpha value is -1.69. The Labute approximate surface area is 130 Å². The van der Waals surface area contributed by atoms with Gasteiger partial charge in [0, 0.05) is 24.4 Å². The zero-order valence-corrected chi connectivity index (χ0v) is 13.1. The fourth-order valence-corrected chi connectivity index (χ4v) is 3.42. The molecule has 6 heteroatoms. The molecule has 0 N–H and O–H groups in total. The van der Waals surface area contributed by atoms with E-state index in [0.29, 0.717) is 12.0 Å². The fourth-order valence-electron chi connectivity index (χ4n) is 3.42. The second kappa shape index (κ2) is 5.83. The van der Waals surface area contributed by atoms with Crippen LogP contribution >= 0.6 is 0 Å². The summed E-state index contributed by atoms with van der Waals surface area (Å²) < 4.78 is 7.57. The third kappa shape index (κ3) is 2.79. The molecule has 6 nitrogen and oxygen atoms in total. The molecule has 22 heavy (non-hydrogen) atoms. The molecular formula is C16H23N5O. The van der Waals surface area contributed by atoms with Gasteiger partial charge in [0.25, 0.3) is 0 Å². The highest BCUT2D eigenvalue weighted by molar-refractivity contribution is 5.05. The number of rotatable bonds is 5. The first-order chi connectivity index (χ1) is 10.8. The van der Waals surface area contributed by atoms with Crippen molar-refractivity contribution in [2.45, 2.75) is 63.6 Å². The van der Waals surface area contributed by atoms with E-state index in [1.807, 2.05) is 23.1 Å². The Balaban J connectivity index is 1.49. The molecule has 2 aromatic rings. The summed E-state index contributed by atoms with van der Waals surface area (Å²) in [5.74, 6) is 2.22. The van der Waals surface area contributed by atoms with E-state index >= 15 is 0 Å². The van der Waals surface area contributed by atoms with Crippen LogP contribution < -0.4 is 0 Å². The maximum Gasteiger partial charge on any atom is 0.243 e. The molecule has 4 rings (SSSR count). The molecule has 2 atom stereocenters. The molecule has 1 aliphatic carbocycles. The summed E-state index contributed by atoms with van der Waals surface area (Å²) in [7, 11) is 0. The highest BCUT2D eigenvalue weighted by Gasteiger charge is 2.33. The van der Waals surface area contributed by atoms with Gasteiger partial charge in [-0.15, -0.1) is 0 Å². The minimum Gasteiger partial charge on any atom is -0.338 e. The van der Waals surface area contributed by atoms with Crippen LogP contribution in [0.4, 0.5) is 0 Å².